The van der Waals surface area contributed by atoms with Crippen molar-refractivity contribution in [3.63, 3.8) is 0 Å². The van der Waals surface area contributed by atoms with Crippen LogP contribution in [-0.4, -0.2) is 4.98 Å². The molecule has 3 aromatic rings. The minimum atomic E-state index is -0.381. The van der Waals surface area contributed by atoms with Gasteiger partial charge in [-0.25, -0.2) is 4.39 Å². The van der Waals surface area contributed by atoms with Gasteiger partial charge in [-0.2, -0.15) is 5.26 Å². The summed E-state index contributed by atoms with van der Waals surface area (Å²) in [5, 5.41) is 13.5. The van der Waals surface area contributed by atoms with Crippen LogP contribution in [0, 0.1) is 17.1 Å². The normalized spacial score (nSPS) is 10.3. The van der Waals surface area contributed by atoms with Gasteiger partial charge in [-0.3, -0.25) is 4.98 Å². The second-order valence-corrected chi connectivity index (χ2v) is 4.89. The van der Waals surface area contributed by atoms with Gasteiger partial charge in [0.1, 0.15) is 11.9 Å². The number of nitrogens with zero attached hydrogens (tertiary/aromatic N) is 2. The molecular weight excluding hydrogens is 289 g/mol. The highest BCUT2D eigenvalue weighted by Gasteiger charge is 2.10. The summed E-state index contributed by atoms with van der Waals surface area (Å²) in [5.41, 5.74) is 2.19. The molecule has 0 spiro atoms. The van der Waals surface area contributed by atoms with Gasteiger partial charge in [0.05, 0.1) is 16.8 Å². The molecule has 0 amide bonds. The molecule has 1 heterocycles. The van der Waals surface area contributed by atoms with E-state index in [2.05, 4.69) is 16.4 Å². The van der Waals surface area contributed by atoms with E-state index < -0.39 is 0 Å². The average molecular weight is 298 g/mol. The third-order valence-corrected chi connectivity index (χ3v) is 3.28. The van der Waals surface area contributed by atoms with E-state index in [1.165, 1.54) is 18.3 Å². The summed E-state index contributed by atoms with van der Waals surface area (Å²) in [6.07, 6.45) is 1.47. The van der Waals surface area contributed by atoms with Crippen molar-refractivity contribution >= 4 is 33.9 Å². The van der Waals surface area contributed by atoms with Crippen LogP contribution < -0.4 is 5.32 Å². The fraction of sp³-hybridized carbons (Fsp3) is 0. The van der Waals surface area contributed by atoms with Gasteiger partial charge in [0.2, 0.25) is 0 Å². The molecule has 1 aromatic heterocycles. The Morgan fingerprint density at radius 1 is 1.19 bits per heavy atom. The van der Waals surface area contributed by atoms with E-state index >= 15 is 0 Å². The van der Waals surface area contributed by atoms with Crippen molar-refractivity contribution in [3.8, 4) is 6.07 Å². The summed E-state index contributed by atoms with van der Waals surface area (Å²) in [7, 11) is 0. The molecule has 0 unspecified atom stereocenters. The first-order valence-electron chi connectivity index (χ1n) is 6.18. The van der Waals surface area contributed by atoms with Crippen LogP contribution in [-0.2, 0) is 0 Å². The van der Waals surface area contributed by atoms with E-state index in [0.29, 0.717) is 27.2 Å². The quantitative estimate of drug-likeness (QED) is 0.749. The highest BCUT2D eigenvalue weighted by atomic mass is 35.5. The lowest BCUT2D eigenvalue weighted by molar-refractivity contribution is 0.629. The highest BCUT2D eigenvalue weighted by molar-refractivity contribution is 6.30. The van der Waals surface area contributed by atoms with Gasteiger partial charge in [-0.05, 0) is 36.4 Å². The standard InChI is InChI=1S/C16H9ClFN3/c17-11-2-1-3-13(6-11)21-16-10(8-19)9-20-15-5-4-12(18)7-14(15)16/h1-7,9H,(H,20,21). The molecule has 5 heteroatoms. The Kier molecular flexibility index (Phi) is 3.43. The summed E-state index contributed by atoms with van der Waals surface area (Å²) >= 11 is 5.95. The number of nitrogens with one attached hydrogen (secondary N) is 1. The Bertz CT molecular complexity index is 871. The van der Waals surface area contributed by atoms with E-state index in [0.717, 1.165) is 5.69 Å². The molecule has 102 valence electrons. The van der Waals surface area contributed by atoms with Crippen molar-refractivity contribution in [2.45, 2.75) is 0 Å². The lowest BCUT2D eigenvalue weighted by Gasteiger charge is -2.11. The van der Waals surface area contributed by atoms with Gasteiger partial charge in [-0.1, -0.05) is 17.7 Å². The first-order valence-corrected chi connectivity index (χ1v) is 6.56. The van der Waals surface area contributed by atoms with Crippen LogP contribution in [0.25, 0.3) is 10.9 Å². The first kappa shape index (κ1) is 13.3. The van der Waals surface area contributed by atoms with Crippen molar-refractivity contribution in [1.82, 2.24) is 4.98 Å². The van der Waals surface area contributed by atoms with Crippen LogP contribution in [0.3, 0.4) is 0 Å². The number of pyridine rings is 1. The van der Waals surface area contributed by atoms with E-state index in [9.17, 15) is 9.65 Å². The summed E-state index contributed by atoms with van der Waals surface area (Å²) in [5.74, 6) is -0.381. The zero-order chi connectivity index (χ0) is 14.8. The van der Waals surface area contributed by atoms with Crippen LogP contribution >= 0.6 is 11.6 Å². The number of nitriles is 1. The zero-order valence-corrected chi connectivity index (χ0v) is 11.5. The monoisotopic (exact) mass is 297 g/mol. The van der Waals surface area contributed by atoms with Crippen LogP contribution in [0.1, 0.15) is 5.56 Å². The molecule has 0 aliphatic rings. The Morgan fingerprint density at radius 3 is 2.81 bits per heavy atom. The third-order valence-electron chi connectivity index (χ3n) is 3.04. The number of halogens is 2. The van der Waals surface area contributed by atoms with Crippen LogP contribution in [0.4, 0.5) is 15.8 Å². The smallest absolute Gasteiger partial charge is 0.124 e. The molecule has 0 aliphatic heterocycles. The Labute approximate surface area is 125 Å². The van der Waals surface area contributed by atoms with Crippen LogP contribution in [0.2, 0.25) is 5.02 Å². The largest absolute Gasteiger partial charge is 0.354 e. The molecule has 0 aliphatic carbocycles. The van der Waals surface area contributed by atoms with Gasteiger partial charge < -0.3 is 5.32 Å². The average Bonchev–Trinajstić information content (AvgIpc) is 2.48. The van der Waals surface area contributed by atoms with Gasteiger partial charge in [0, 0.05) is 22.3 Å². The molecule has 2 aromatic carbocycles. The van der Waals surface area contributed by atoms with Crippen molar-refractivity contribution in [2.75, 3.05) is 5.32 Å². The number of hydrogen-bond acceptors (Lipinski definition) is 3. The van der Waals surface area contributed by atoms with Crippen molar-refractivity contribution < 1.29 is 4.39 Å². The topological polar surface area (TPSA) is 48.7 Å². The molecule has 0 bridgehead atoms. The lowest BCUT2D eigenvalue weighted by atomic mass is 10.1. The Morgan fingerprint density at radius 2 is 2.05 bits per heavy atom. The van der Waals surface area contributed by atoms with E-state index in [-0.39, 0.29) is 5.82 Å². The molecule has 0 saturated heterocycles. The Balaban J connectivity index is 2.19. The summed E-state index contributed by atoms with van der Waals surface area (Å²) in [6, 6.07) is 13.4. The first-order chi connectivity index (χ1) is 10.2. The maximum absolute atomic E-state index is 13.5. The lowest BCUT2D eigenvalue weighted by Crippen LogP contribution is -1.97. The number of fused-ring (bicyclic) bond motifs is 1. The minimum absolute atomic E-state index is 0.341. The Hall–Kier alpha value is -2.64. The maximum atomic E-state index is 13.5. The number of hydrogen-bond donors (Lipinski definition) is 1. The van der Waals surface area contributed by atoms with Crippen LogP contribution in [0.15, 0.2) is 48.7 Å². The van der Waals surface area contributed by atoms with Crippen LogP contribution in [0.5, 0.6) is 0 Å². The molecule has 3 rings (SSSR count). The molecular formula is C16H9ClFN3. The molecule has 1 N–H and O–H groups in total. The summed E-state index contributed by atoms with van der Waals surface area (Å²) < 4.78 is 13.5. The van der Waals surface area contributed by atoms with Crippen molar-refractivity contribution in [1.29, 1.82) is 5.26 Å². The predicted octanol–water partition coefficient (Wildman–Crippen LogP) is 4.64. The molecule has 21 heavy (non-hydrogen) atoms. The van der Waals surface area contributed by atoms with Gasteiger partial charge in [0.15, 0.2) is 0 Å². The summed E-state index contributed by atoms with van der Waals surface area (Å²) in [4.78, 5) is 4.16. The summed E-state index contributed by atoms with van der Waals surface area (Å²) in [6.45, 7) is 0. The molecule has 3 nitrogen and oxygen atoms in total. The second-order valence-electron chi connectivity index (χ2n) is 4.46. The predicted molar refractivity (Wildman–Crippen MR) is 81.2 cm³/mol. The maximum Gasteiger partial charge on any atom is 0.124 e. The molecule has 0 radical (unpaired) electrons. The highest BCUT2D eigenvalue weighted by Crippen LogP contribution is 2.30. The number of benzene rings is 2. The van der Waals surface area contributed by atoms with Gasteiger partial charge >= 0.3 is 0 Å². The second kappa shape index (κ2) is 5.39. The van der Waals surface area contributed by atoms with E-state index in [1.54, 1.807) is 24.3 Å². The number of rotatable bonds is 2. The fourth-order valence-electron chi connectivity index (χ4n) is 2.09. The van der Waals surface area contributed by atoms with Gasteiger partial charge in [0.25, 0.3) is 0 Å². The fourth-order valence-corrected chi connectivity index (χ4v) is 2.29. The molecule has 0 saturated carbocycles. The van der Waals surface area contributed by atoms with Gasteiger partial charge in [-0.15, -0.1) is 0 Å². The van der Waals surface area contributed by atoms with Crippen molar-refractivity contribution in [2.24, 2.45) is 0 Å². The van der Waals surface area contributed by atoms with Crippen molar-refractivity contribution in [3.05, 3.63) is 65.1 Å². The third kappa shape index (κ3) is 2.64. The SMILES string of the molecule is N#Cc1cnc2ccc(F)cc2c1Nc1cccc(Cl)c1. The zero-order valence-electron chi connectivity index (χ0n) is 10.8. The number of aromatic nitrogens is 1. The molecule has 0 atom stereocenters. The number of anilines is 2. The minimum Gasteiger partial charge on any atom is -0.354 e. The van der Waals surface area contributed by atoms with E-state index in [1.807, 2.05) is 6.07 Å². The van der Waals surface area contributed by atoms with E-state index in [4.69, 9.17) is 11.6 Å². The molecule has 0 fully saturated rings.